The van der Waals surface area contributed by atoms with Gasteiger partial charge in [-0.25, -0.2) is 9.69 Å². The number of rotatable bonds is 2. The van der Waals surface area contributed by atoms with E-state index in [1.807, 2.05) is 26.1 Å². The van der Waals surface area contributed by atoms with Crippen LogP contribution < -0.4 is 15.1 Å². The van der Waals surface area contributed by atoms with Gasteiger partial charge in [0, 0.05) is 27.8 Å². The molecule has 2 heterocycles. The Labute approximate surface area is 199 Å². The molecule has 164 valence electrons. The number of carbonyl (C=O) groups excluding carboxylic acids is 3. The van der Waals surface area contributed by atoms with Gasteiger partial charge in [-0.15, -0.1) is 0 Å². The first kappa shape index (κ1) is 22.3. The van der Waals surface area contributed by atoms with E-state index in [2.05, 4.69) is 46.1 Å². The van der Waals surface area contributed by atoms with E-state index in [0.717, 1.165) is 26.2 Å². The lowest BCUT2D eigenvalue weighted by atomic mass is 9.88. The summed E-state index contributed by atoms with van der Waals surface area (Å²) in [6, 6.07) is 9.57. The molecule has 0 aromatic heterocycles. The Bertz CT molecular complexity index is 1230. The van der Waals surface area contributed by atoms with Crippen LogP contribution in [0.2, 0.25) is 5.02 Å². The molecule has 32 heavy (non-hydrogen) atoms. The molecule has 2 aromatic carbocycles. The fraction of sp³-hybridized carbons (Fsp3) is 0.208. The van der Waals surface area contributed by atoms with Gasteiger partial charge >= 0.3 is 6.03 Å². The number of hydrogen-bond donors (Lipinski definition) is 1. The van der Waals surface area contributed by atoms with Crippen LogP contribution in [0.15, 0.2) is 52.5 Å². The highest BCUT2D eigenvalue weighted by molar-refractivity contribution is 9.10. The maximum absolute atomic E-state index is 13.1. The molecule has 0 unspecified atom stereocenters. The van der Waals surface area contributed by atoms with E-state index in [0.29, 0.717) is 16.3 Å². The Morgan fingerprint density at radius 3 is 2.41 bits per heavy atom. The van der Waals surface area contributed by atoms with Gasteiger partial charge in [-0.1, -0.05) is 33.6 Å². The van der Waals surface area contributed by atoms with Crippen molar-refractivity contribution in [2.45, 2.75) is 26.3 Å². The highest BCUT2D eigenvalue weighted by Crippen LogP contribution is 2.41. The molecule has 0 aliphatic carbocycles. The van der Waals surface area contributed by atoms with Gasteiger partial charge in [0.05, 0.1) is 11.2 Å². The van der Waals surface area contributed by atoms with Gasteiger partial charge in [0.2, 0.25) is 0 Å². The minimum atomic E-state index is -0.793. The van der Waals surface area contributed by atoms with Crippen molar-refractivity contribution in [1.82, 2.24) is 5.32 Å². The molecule has 2 aliphatic heterocycles. The molecule has 8 heteroatoms. The topological polar surface area (TPSA) is 69.7 Å². The maximum atomic E-state index is 13.1. The molecule has 0 spiro atoms. The number of anilines is 2. The first-order valence-electron chi connectivity index (χ1n) is 9.94. The Hall–Kier alpha value is -2.90. The highest BCUT2D eigenvalue weighted by Gasteiger charge is 2.37. The van der Waals surface area contributed by atoms with E-state index >= 15 is 0 Å². The molecule has 4 rings (SSSR count). The summed E-state index contributed by atoms with van der Waals surface area (Å²) in [6.45, 7) is 6.24. The number of hydrogen-bond acceptors (Lipinski definition) is 4. The Kier molecular flexibility index (Phi) is 5.51. The van der Waals surface area contributed by atoms with Crippen LogP contribution in [-0.4, -0.2) is 30.4 Å². The number of benzene rings is 2. The zero-order valence-electron chi connectivity index (χ0n) is 18.0. The van der Waals surface area contributed by atoms with Crippen molar-refractivity contribution in [3.05, 3.63) is 68.7 Å². The molecule has 2 aromatic rings. The summed E-state index contributed by atoms with van der Waals surface area (Å²) in [5.74, 6) is -1.46. The van der Waals surface area contributed by atoms with Crippen LogP contribution >= 0.6 is 27.5 Å². The predicted octanol–water partition coefficient (Wildman–Crippen LogP) is 5.40. The molecule has 1 saturated heterocycles. The molecule has 0 bridgehead atoms. The first-order chi connectivity index (χ1) is 15.0. The summed E-state index contributed by atoms with van der Waals surface area (Å²) in [7, 11) is 2.00. The van der Waals surface area contributed by atoms with Crippen LogP contribution in [0, 0.1) is 0 Å². The number of nitrogens with one attached hydrogen (secondary N) is 1. The molecule has 0 saturated carbocycles. The number of urea groups is 1. The van der Waals surface area contributed by atoms with Gasteiger partial charge in [-0.2, -0.15) is 0 Å². The first-order valence-corrected chi connectivity index (χ1v) is 11.1. The maximum Gasteiger partial charge on any atom is 0.335 e. The zero-order valence-corrected chi connectivity index (χ0v) is 20.3. The van der Waals surface area contributed by atoms with E-state index in [4.69, 9.17) is 11.6 Å². The second-order valence-electron chi connectivity index (χ2n) is 8.37. The number of fused-ring (bicyclic) bond motifs is 1. The van der Waals surface area contributed by atoms with E-state index in [1.54, 1.807) is 24.3 Å². The summed E-state index contributed by atoms with van der Waals surface area (Å²) in [5, 5.41) is 2.64. The van der Waals surface area contributed by atoms with E-state index in [9.17, 15) is 14.4 Å². The molecule has 2 aliphatic rings. The Morgan fingerprint density at radius 1 is 1.09 bits per heavy atom. The monoisotopic (exact) mass is 513 g/mol. The Balaban J connectivity index is 1.78. The number of amides is 4. The van der Waals surface area contributed by atoms with Crippen LogP contribution in [0.4, 0.5) is 16.2 Å². The van der Waals surface area contributed by atoms with Crippen LogP contribution in [-0.2, 0) is 9.59 Å². The number of barbiturate groups is 1. The van der Waals surface area contributed by atoms with Crippen LogP contribution in [0.5, 0.6) is 0 Å². The van der Waals surface area contributed by atoms with Gasteiger partial charge in [0.1, 0.15) is 5.57 Å². The fourth-order valence-electron chi connectivity index (χ4n) is 3.94. The third-order valence-corrected chi connectivity index (χ3v) is 6.68. The van der Waals surface area contributed by atoms with Crippen molar-refractivity contribution in [3.8, 4) is 0 Å². The van der Waals surface area contributed by atoms with Gasteiger partial charge in [-0.3, -0.25) is 14.9 Å². The van der Waals surface area contributed by atoms with E-state index in [1.165, 1.54) is 6.08 Å². The van der Waals surface area contributed by atoms with Crippen molar-refractivity contribution in [2.24, 2.45) is 0 Å². The number of allylic oxidation sites excluding steroid dienone is 1. The molecule has 1 N–H and O–H groups in total. The molecule has 0 atom stereocenters. The number of carbonyl (C=O) groups is 3. The number of nitrogens with zero attached hydrogens (tertiary/aromatic N) is 2. The van der Waals surface area contributed by atoms with Crippen molar-refractivity contribution in [2.75, 3.05) is 16.8 Å². The van der Waals surface area contributed by atoms with Gasteiger partial charge in [0.15, 0.2) is 0 Å². The number of likely N-dealkylation sites (N-methyl/N-ethyl adjacent to an activating group) is 1. The molecule has 0 radical (unpaired) electrons. The molecular weight excluding hydrogens is 494 g/mol. The number of imide groups is 2. The largest absolute Gasteiger partial charge is 0.365 e. The third-order valence-electron chi connectivity index (χ3n) is 5.82. The second-order valence-corrected chi connectivity index (χ2v) is 9.69. The lowest BCUT2D eigenvalue weighted by Gasteiger charge is -2.40. The average molecular weight is 515 g/mol. The minimum Gasteiger partial charge on any atom is -0.365 e. The summed E-state index contributed by atoms with van der Waals surface area (Å²) in [6.07, 6.45) is 3.60. The van der Waals surface area contributed by atoms with Gasteiger partial charge in [-0.05, 0) is 74.4 Å². The standard InChI is InChI=1S/C24H21BrClN3O3/c1-13-12-24(2,3)28(4)20-11-19(26)14(9-17(13)20)10-18-21(30)27-23(32)29(22(18)31)16-7-5-15(25)6-8-16/h5-12H,1-4H3,(H,27,30,32)/b18-10+. The summed E-state index contributed by atoms with van der Waals surface area (Å²) in [4.78, 5) is 41.1. The normalized spacial score (nSPS) is 19.1. The van der Waals surface area contributed by atoms with Crippen molar-refractivity contribution >= 4 is 68.4 Å². The van der Waals surface area contributed by atoms with Crippen LogP contribution in [0.3, 0.4) is 0 Å². The third kappa shape index (κ3) is 3.76. The Morgan fingerprint density at radius 2 is 1.75 bits per heavy atom. The van der Waals surface area contributed by atoms with Gasteiger partial charge in [0.25, 0.3) is 11.8 Å². The zero-order chi connectivity index (χ0) is 23.4. The molecular formula is C24H21BrClN3O3. The van der Waals surface area contributed by atoms with E-state index < -0.39 is 17.8 Å². The highest BCUT2D eigenvalue weighted by atomic mass is 79.9. The fourth-order valence-corrected chi connectivity index (χ4v) is 4.41. The molecule has 4 amide bonds. The summed E-state index contributed by atoms with van der Waals surface area (Å²) >= 11 is 9.89. The van der Waals surface area contributed by atoms with Crippen LogP contribution in [0.25, 0.3) is 11.6 Å². The predicted molar refractivity (Wildman–Crippen MR) is 131 cm³/mol. The lowest BCUT2D eigenvalue weighted by molar-refractivity contribution is -0.122. The van der Waals surface area contributed by atoms with Crippen LogP contribution in [0.1, 0.15) is 31.9 Å². The summed E-state index contributed by atoms with van der Waals surface area (Å²) in [5.41, 5.74) is 3.54. The van der Waals surface area contributed by atoms with Gasteiger partial charge < -0.3 is 4.90 Å². The van der Waals surface area contributed by atoms with Crippen molar-refractivity contribution in [3.63, 3.8) is 0 Å². The minimum absolute atomic E-state index is 0.166. The number of halogens is 2. The summed E-state index contributed by atoms with van der Waals surface area (Å²) < 4.78 is 0.801. The lowest BCUT2D eigenvalue weighted by Crippen LogP contribution is -2.54. The average Bonchev–Trinajstić information content (AvgIpc) is 2.71. The SMILES string of the molecule is CC1=CC(C)(C)N(C)c2cc(Cl)c(/C=C3\C(=O)NC(=O)N(c4ccc(Br)cc4)C3=O)cc21. The quantitative estimate of drug-likeness (QED) is 0.430. The molecule has 1 fully saturated rings. The smallest absolute Gasteiger partial charge is 0.335 e. The van der Waals surface area contributed by atoms with Crippen molar-refractivity contribution in [1.29, 1.82) is 0 Å². The van der Waals surface area contributed by atoms with E-state index in [-0.39, 0.29) is 11.1 Å². The van der Waals surface area contributed by atoms with Crippen molar-refractivity contribution < 1.29 is 14.4 Å². The second kappa shape index (κ2) is 7.90. The molecule has 6 nitrogen and oxygen atoms in total.